The van der Waals surface area contributed by atoms with Crippen LogP contribution in [-0.2, 0) is 23.7 Å². The Balaban J connectivity index is 1.11. The average Bonchev–Trinajstić information content (AvgIpc) is 3.56. The highest BCUT2D eigenvalue weighted by Crippen LogP contribution is 2.77. The minimum Gasteiger partial charge on any atom is -0.394 e. The largest absolute Gasteiger partial charge is 0.394 e. The van der Waals surface area contributed by atoms with E-state index in [-0.39, 0.29) is 39.9 Å². The van der Waals surface area contributed by atoms with Gasteiger partial charge in [-0.1, -0.05) is 58.4 Å². The third-order valence-corrected chi connectivity index (χ3v) is 16.7. The topological polar surface area (TPSA) is 228 Å². The van der Waals surface area contributed by atoms with E-state index in [9.17, 15) is 46.0 Å². The quantitative estimate of drug-likeness (QED) is 0.140. The lowest BCUT2D eigenvalue weighted by molar-refractivity contribution is -0.329. The summed E-state index contributed by atoms with van der Waals surface area (Å²) in [5.41, 5.74) is -0.667. The Bertz CT molecular complexity index is 1480. The molecule has 0 aromatic rings. The van der Waals surface area contributed by atoms with Gasteiger partial charge in [-0.05, 0) is 81.0 Å². The number of fused-ring (bicyclic) bond motifs is 2. The molecule has 2 unspecified atom stereocenters. The number of allylic oxidation sites excluding steroid dienone is 2. The van der Waals surface area contributed by atoms with Gasteiger partial charge in [-0.3, -0.25) is 0 Å². The molecule has 7 rings (SSSR count). The first-order valence-electron chi connectivity index (χ1n) is 20.8. The molecular formula is C42H68O14. The zero-order chi connectivity index (χ0) is 40.9. The molecule has 56 heavy (non-hydrogen) atoms. The van der Waals surface area contributed by atoms with E-state index in [1.165, 1.54) is 0 Å². The van der Waals surface area contributed by atoms with E-state index in [0.29, 0.717) is 13.0 Å². The van der Waals surface area contributed by atoms with Gasteiger partial charge in [0, 0.05) is 16.7 Å². The van der Waals surface area contributed by atoms with Gasteiger partial charge in [0.2, 0.25) is 0 Å². The normalized spacial score (nSPS) is 52.4. The van der Waals surface area contributed by atoms with Crippen LogP contribution in [0, 0.1) is 45.3 Å². The Morgan fingerprint density at radius 1 is 0.786 bits per heavy atom. The first kappa shape index (κ1) is 43.0. The Morgan fingerprint density at radius 3 is 2.00 bits per heavy atom. The average molecular weight is 797 g/mol. The van der Waals surface area contributed by atoms with E-state index in [1.807, 2.05) is 13.8 Å². The summed E-state index contributed by atoms with van der Waals surface area (Å²) >= 11 is 0. The monoisotopic (exact) mass is 796 g/mol. The summed E-state index contributed by atoms with van der Waals surface area (Å²) in [7, 11) is 0. The van der Waals surface area contributed by atoms with Gasteiger partial charge < -0.3 is 69.6 Å². The molecule has 3 heterocycles. The van der Waals surface area contributed by atoms with Crippen molar-refractivity contribution in [2.24, 2.45) is 45.3 Å². The minimum atomic E-state index is -1.59. The van der Waals surface area contributed by atoms with Crippen molar-refractivity contribution in [1.29, 1.82) is 0 Å². The fraction of sp³-hybridized carbons (Fsp3) is 0.905. The van der Waals surface area contributed by atoms with Gasteiger partial charge in [-0.15, -0.1) is 0 Å². The zero-order valence-corrected chi connectivity index (χ0v) is 34.0. The SMILES string of the molecule is CC(C)=CC(O[C@@H]1O[C@H](CO)[C@@H](O)[C@@H](O)[C@H]1O)C(O)[C@@H](C)[C@H]1CC[C@@]2(C)[C@@H]3C=C[C@@]45OC[C@]3(CC[C@]12C)[C@@H]4CC[C@H](O[C@@H]1O[C@H](CO)[C@@H](O)[C@H](O)[C@H]1O)C5(C)C. The third-order valence-electron chi connectivity index (χ3n) is 16.7. The Morgan fingerprint density at radius 2 is 1.39 bits per heavy atom. The molecule has 21 atom stereocenters. The highest BCUT2D eigenvalue weighted by Gasteiger charge is 2.76. The summed E-state index contributed by atoms with van der Waals surface area (Å²) in [6.07, 6.45) is -4.44. The van der Waals surface area contributed by atoms with E-state index >= 15 is 0 Å². The van der Waals surface area contributed by atoms with Crippen molar-refractivity contribution in [2.45, 2.75) is 172 Å². The summed E-state index contributed by atoms with van der Waals surface area (Å²) in [6.45, 7) is 14.4. The molecule has 6 fully saturated rings. The van der Waals surface area contributed by atoms with Gasteiger partial charge in [0.25, 0.3) is 0 Å². The molecule has 3 saturated carbocycles. The third kappa shape index (κ3) is 6.18. The maximum absolute atomic E-state index is 12.1. The second-order valence-corrected chi connectivity index (χ2v) is 19.7. The zero-order valence-electron chi connectivity index (χ0n) is 34.0. The van der Waals surface area contributed by atoms with Crippen molar-refractivity contribution in [2.75, 3.05) is 19.8 Å². The number of hydrogen-bond acceptors (Lipinski definition) is 14. The molecule has 9 N–H and O–H groups in total. The molecule has 3 aliphatic heterocycles. The van der Waals surface area contributed by atoms with Crippen LogP contribution in [0.3, 0.4) is 0 Å². The van der Waals surface area contributed by atoms with E-state index in [2.05, 4.69) is 46.8 Å². The molecule has 0 amide bonds. The van der Waals surface area contributed by atoms with Crippen molar-refractivity contribution in [1.82, 2.24) is 0 Å². The van der Waals surface area contributed by atoms with Gasteiger partial charge in [0.05, 0.1) is 37.6 Å². The first-order chi connectivity index (χ1) is 26.2. The fourth-order valence-corrected chi connectivity index (χ4v) is 13.1. The predicted molar refractivity (Wildman–Crippen MR) is 200 cm³/mol. The van der Waals surface area contributed by atoms with Crippen molar-refractivity contribution < 1.29 is 69.6 Å². The van der Waals surface area contributed by atoms with Gasteiger partial charge in [-0.2, -0.15) is 0 Å². The highest BCUT2D eigenvalue weighted by atomic mass is 16.7. The second kappa shape index (κ2) is 15.1. The van der Waals surface area contributed by atoms with Crippen LogP contribution in [0.4, 0.5) is 0 Å². The smallest absolute Gasteiger partial charge is 0.187 e. The summed E-state index contributed by atoms with van der Waals surface area (Å²) < 4.78 is 31.2. The molecule has 0 aromatic carbocycles. The van der Waals surface area contributed by atoms with Crippen LogP contribution in [0.15, 0.2) is 23.8 Å². The number of hydrogen-bond donors (Lipinski definition) is 9. The van der Waals surface area contributed by atoms with Crippen LogP contribution in [0.1, 0.15) is 87.0 Å². The molecule has 4 aliphatic carbocycles. The van der Waals surface area contributed by atoms with Gasteiger partial charge in [-0.25, -0.2) is 0 Å². The van der Waals surface area contributed by atoms with Crippen molar-refractivity contribution >= 4 is 0 Å². The molecule has 1 spiro atoms. The molecule has 3 saturated heterocycles. The van der Waals surface area contributed by atoms with Crippen LogP contribution in [-0.4, -0.2) is 151 Å². The highest BCUT2D eigenvalue weighted by molar-refractivity contribution is 5.34. The maximum Gasteiger partial charge on any atom is 0.187 e. The number of ether oxygens (including phenoxy) is 5. The standard InChI is InChI=1S/C42H68O14/c1-20(2)16-23(53-36-34(50)32(48)30(46)24(17-43)54-36)29(45)21(3)22-10-12-40(7)26-11-13-42-27(41(26,19-52-42)15-14-39(22,40)6)8-9-28(38(42,4)5)56-37-35(51)33(49)31(47)25(18-44)55-37/h11,13,16,21-37,43-51H,8-10,12,14-15,17-19H2,1-7H3/t21-,22+,23?,24+,25+,26-,27-,28-,29?,30+,31+,32+,33-,34+,35+,36+,37-,39+,40-,41-,42+/m0/s1. The molecule has 320 valence electrons. The number of rotatable bonds is 10. The summed E-state index contributed by atoms with van der Waals surface area (Å²) in [5.74, 6) is 0.350. The Labute approximate surface area is 330 Å². The molecule has 0 radical (unpaired) electrons. The van der Waals surface area contributed by atoms with E-state index in [4.69, 9.17) is 23.7 Å². The number of aliphatic hydroxyl groups excluding tert-OH is 9. The van der Waals surface area contributed by atoms with E-state index < -0.39 is 104 Å². The lowest BCUT2D eigenvalue weighted by Gasteiger charge is -2.65. The van der Waals surface area contributed by atoms with E-state index in [1.54, 1.807) is 6.08 Å². The van der Waals surface area contributed by atoms with Crippen LogP contribution >= 0.6 is 0 Å². The predicted octanol–water partition coefficient (Wildman–Crippen LogP) is 0.914. The van der Waals surface area contributed by atoms with Gasteiger partial charge in [0.1, 0.15) is 54.9 Å². The van der Waals surface area contributed by atoms with Crippen LogP contribution in [0.2, 0.25) is 0 Å². The molecular weight excluding hydrogens is 728 g/mol. The first-order valence-corrected chi connectivity index (χ1v) is 20.8. The lowest BCUT2D eigenvalue weighted by atomic mass is 9.38. The van der Waals surface area contributed by atoms with Gasteiger partial charge >= 0.3 is 0 Å². The maximum atomic E-state index is 12.1. The Kier molecular flexibility index (Phi) is 11.6. The summed E-state index contributed by atoms with van der Waals surface area (Å²) in [4.78, 5) is 0. The molecule has 2 bridgehead atoms. The summed E-state index contributed by atoms with van der Waals surface area (Å²) in [6, 6.07) is 0. The van der Waals surface area contributed by atoms with Crippen molar-refractivity contribution in [3.63, 3.8) is 0 Å². The lowest BCUT2D eigenvalue weighted by Crippen LogP contribution is -2.66. The molecule has 14 nitrogen and oxygen atoms in total. The molecule has 7 aliphatic rings. The van der Waals surface area contributed by atoms with Crippen molar-refractivity contribution in [3.8, 4) is 0 Å². The Hall–Kier alpha value is -1.08. The van der Waals surface area contributed by atoms with Crippen molar-refractivity contribution in [3.05, 3.63) is 23.8 Å². The molecule has 0 aromatic heterocycles. The van der Waals surface area contributed by atoms with Gasteiger partial charge in [0.15, 0.2) is 12.6 Å². The van der Waals surface area contributed by atoms with Crippen LogP contribution in [0.5, 0.6) is 0 Å². The number of aliphatic hydroxyl groups is 9. The fourth-order valence-electron chi connectivity index (χ4n) is 13.1. The minimum absolute atomic E-state index is 0.109. The van der Waals surface area contributed by atoms with Crippen LogP contribution < -0.4 is 0 Å². The van der Waals surface area contributed by atoms with Crippen LogP contribution in [0.25, 0.3) is 0 Å². The second-order valence-electron chi connectivity index (χ2n) is 19.7. The summed E-state index contributed by atoms with van der Waals surface area (Å²) in [5, 5.41) is 94.7. The van der Waals surface area contributed by atoms with E-state index in [0.717, 1.165) is 37.7 Å². The molecule has 14 heteroatoms.